The van der Waals surface area contributed by atoms with Gasteiger partial charge in [0.25, 0.3) is 0 Å². The molecule has 0 aromatic carbocycles. The van der Waals surface area contributed by atoms with E-state index in [2.05, 4.69) is 16.2 Å². The lowest BCUT2D eigenvalue weighted by atomic mass is 9.95. The molecule has 5 heteroatoms. The Morgan fingerprint density at radius 1 is 1.37 bits per heavy atom. The van der Waals surface area contributed by atoms with Gasteiger partial charge in [-0.3, -0.25) is 0 Å². The lowest BCUT2D eigenvalue weighted by Crippen LogP contribution is -2.11. The van der Waals surface area contributed by atoms with Crippen LogP contribution in [0.25, 0.3) is 5.82 Å². The van der Waals surface area contributed by atoms with Crippen molar-refractivity contribution in [1.29, 1.82) is 5.26 Å². The van der Waals surface area contributed by atoms with Crippen LogP contribution in [-0.2, 0) is 12.8 Å². The molecule has 2 heterocycles. The summed E-state index contributed by atoms with van der Waals surface area (Å²) < 4.78 is 1.60. The number of nitriles is 1. The molecule has 0 spiro atoms. The Hall–Kier alpha value is -1.86. The molecule has 3 rings (SSSR count). The monoisotopic (exact) mass is 272 g/mol. The largest absolute Gasteiger partial charge is 0.232 e. The van der Waals surface area contributed by atoms with Gasteiger partial charge in [-0.05, 0) is 44.2 Å². The van der Waals surface area contributed by atoms with Crippen LogP contribution in [0.5, 0.6) is 0 Å². The van der Waals surface area contributed by atoms with Crippen molar-refractivity contribution in [3.63, 3.8) is 0 Å². The van der Waals surface area contributed by atoms with Gasteiger partial charge in [-0.1, -0.05) is 11.6 Å². The minimum Gasteiger partial charge on any atom is -0.232 e. The first-order valence-electron chi connectivity index (χ1n) is 6.34. The highest BCUT2D eigenvalue weighted by Gasteiger charge is 2.17. The van der Waals surface area contributed by atoms with Crippen molar-refractivity contribution in [2.45, 2.75) is 32.6 Å². The predicted octanol–water partition coefficient (Wildman–Crippen LogP) is 2.98. The Labute approximate surface area is 116 Å². The summed E-state index contributed by atoms with van der Waals surface area (Å²) in [6.07, 6.45) is 6.02. The number of hydrogen-bond donors (Lipinski definition) is 0. The number of halogens is 1. The second kappa shape index (κ2) is 4.67. The van der Waals surface area contributed by atoms with Gasteiger partial charge < -0.3 is 0 Å². The van der Waals surface area contributed by atoms with Crippen molar-refractivity contribution in [1.82, 2.24) is 14.8 Å². The minimum absolute atomic E-state index is 0.555. The summed E-state index contributed by atoms with van der Waals surface area (Å²) in [6.45, 7) is 1.84. The Bertz CT molecular complexity index is 662. The van der Waals surface area contributed by atoms with E-state index >= 15 is 0 Å². The fraction of sp³-hybridized carbons (Fsp3) is 0.357. The minimum atomic E-state index is 0.555. The van der Waals surface area contributed by atoms with E-state index in [-0.39, 0.29) is 0 Å². The number of aryl methyl sites for hydroxylation is 3. The number of hydrogen-bond acceptors (Lipinski definition) is 3. The summed E-state index contributed by atoms with van der Waals surface area (Å²) in [7, 11) is 0. The van der Waals surface area contributed by atoms with Crippen molar-refractivity contribution in [3.8, 4) is 11.9 Å². The number of fused-ring (bicyclic) bond motifs is 1. The normalized spacial score (nSPS) is 13.9. The van der Waals surface area contributed by atoms with Crippen LogP contribution in [0.4, 0.5) is 0 Å². The van der Waals surface area contributed by atoms with Gasteiger partial charge in [-0.2, -0.15) is 10.4 Å². The van der Waals surface area contributed by atoms with Gasteiger partial charge in [-0.15, -0.1) is 0 Å². The molecule has 0 radical (unpaired) electrons. The quantitative estimate of drug-likeness (QED) is 0.802. The third-order valence-electron chi connectivity index (χ3n) is 3.46. The third-order valence-corrected chi connectivity index (χ3v) is 3.83. The zero-order valence-corrected chi connectivity index (χ0v) is 11.4. The first-order chi connectivity index (χ1) is 9.19. The second-order valence-corrected chi connectivity index (χ2v) is 5.20. The molecular formula is C14H13ClN4. The van der Waals surface area contributed by atoms with Crippen LogP contribution >= 0.6 is 11.6 Å². The topological polar surface area (TPSA) is 54.5 Å². The van der Waals surface area contributed by atoms with Crippen molar-refractivity contribution in [2.24, 2.45) is 0 Å². The van der Waals surface area contributed by atoms with Crippen LogP contribution in [-0.4, -0.2) is 14.8 Å². The first-order valence-corrected chi connectivity index (χ1v) is 6.72. The zero-order chi connectivity index (χ0) is 13.4. The van der Waals surface area contributed by atoms with E-state index in [1.54, 1.807) is 10.9 Å². The van der Waals surface area contributed by atoms with Gasteiger partial charge in [0, 0.05) is 5.69 Å². The molecule has 0 unspecified atom stereocenters. The molecule has 4 nitrogen and oxygen atoms in total. The molecule has 0 fully saturated rings. The highest BCUT2D eigenvalue weighted by atomic mass is 35.5. The lowest BCUT2D eigenvalue weighted by molar-refractivity contribution is 0.661. The fourth-order valence-electron chi connectivity index (χ4n) is 2.43. The molecule has 19 heavy (non-hydrogen) atoms. The highest BCUT2D eigenvalue weighted by molar-refractivity contribution is 6.31. The molecule has 1 aliphatic rings. The molecule has 0 atom stereocenters. The standard InChI is InChI=1S/C14H13ClN4/c1-9-12(15)8-19(18-9)14-11(7-16)6-10-4-2-3-5-13(10)17-14/h6,8H,2-5H2,1H3. The fourth-order valence-corrected chi connectivity index (χ4v) is 2.56. The SMILES string of the molecule is Cc1nn(-c2nc3c(cc2C#N)CCCC3)cc1Cl. The van der Waals surface area contributed by atoms with E-state index in [0.717, 1.165) is 30.7 Å². The summed E-state index contributed by atoms with van der Waals surface area (Å²) in [5.41, 5.74) is 3.58. The maximum Gasteiger partial charge on any atom is 0.171 e. The molecule has 0 amide bonds. The molecule has 0 bridgehead atoms. The Morgan fingerprint density at radius 3 is 2.84 bits per heavy atom. The van der Waals surface area contributed by atoms with Gasteiger partial charge >= 0.3 is 0 Å². The number of rotatable bonds is 1. The molecule has 2 aromatic rings. The molecule has 0 N–H and O–H groups in total. The van der Waals surface area contributed by atoms with E-state index in [1.165, 1.54) is 12.0 Å². The van der Waals surface area contributed by atoms with Crippen molar-refractivity contribution < 1.29 is 0 Å². The van der Waals surface area contributed by atoms with Crippen molar-refractivity contribution in [3.05, 3.63) is 39.8 Å². The third kappa shape index (κ3) is 2.11. The highest BCUT2D eigenvalue weighted by Crippen LogP contribution is 2.24. The zero-order valence-electron chi connectivity index (χ0n) is 10.6. The van der Waals surface area contributed by atoms with Gasteiger partial charge in [0.2, 0.25) is 0 Å². The van der Waals surface area contributed by atoms with Gasteiger partial charge in [-0.25, -0.2) is 9.67 Å². The predicted molar refractivity (Wildman–Crippen MR) is 72.5 cm³/mol. The molecule has 1 aliphatic carbocycles. The smallest absolute Gasteiger partial charge is 0.171 e. The second-order valence-electron chi connectivity index (χ2n) is 4.79. The van der Waals surface area contributed by atoms with Crippen molar-refractivity contribution in [2.75, 3.05) is 0 Å². The van der Waals surface area contributed by atoms with E-state index in [0.29, 0.717) is 16.4 Å². The van der Waals surface area contributed by atoms with E-state index in [9.17, 15) is 5.26 Å². The van der Waals surface area contributed by atoms with Gasteiger partial charge in [0.05, 0.1) is 22.5 Å². The molecule has 96 valence electrons. The molecule has 0 aliphatic heterocycles. The summed E-state index contributed by atoms with van der Waals surface area (Å²) in [5, 5.41) is 14.2. The van der Waals surface area contributed by atoms with Crippen LogP contribution in [0.15, 0.2) is 12.3 Å². The molecule has 2 aromatic heterocycles. The van der Waals surface area contributed by atoms with Crippen LogP contribution in [0.2, 0.25) is 5.02 Å². The molecule has 0 saturated heterocycles. The summed E-state index contributed by atoms with van der Waals surface area (Å²) in [4.78, 5) is 4.63. The van der Waals surface area contributed by atoms with E-state index in [4.69, 9.17) is 11.6 Å². The van der Waals surface area contributed by atoms with Crippen molar-refractivity contribution >= 4 is 11.6 Å². The summed E-state index contributed by atoms with van der Waals surface area (Å²) in [6, 6.07) is 4.15. The van der Waals surface area contributed by atoms with Gasteiger partial charge in [0.15, 0.2) is 5.82 Å². The maximum absolute atomic E-state index is 9.29. The summed E-state index contributed by atoms with van der Waals surface area (Å²) >= 11 is 6.02. The average molecular weight is 273 g/mol. The Kier molecular flexibility index (Phi) is 3.00. The van der Waals surface area contributed by atoms with Crippen LogP contribution in [0.1, 0.15) is 35.4 Å². The number of aromatic nitrogens is 3. The van der Waals surface area contributed by atoms with Gasteiger partial charge in [0.1, 0.15) is 6.07 Å². The van der Waals surface area contributed by atoms with Crippen LogP contribution in [0, 0.1) is 18.3 Å². The van der Waals surface area contributed by atoms with E-state index in [1.807, 2.05) is 13.0 Å². The lowest BCUT2D eigenvalue weighted by Gasteiger charge is -2.16. The average Bonchev–Trinajstić information content (AvgIpc) is 2.77. The number of nitrogens with zero attached hydrogens (tertiary/aromatic N) is 4. The van der Waals surface area contributed by atoms with Crippen LogP contribution in [0.3, 0.4) is 0 Å². The Morgan fingerprint density at radius 2 is 2.16 bits per heavy atom. The molecule has 0 saturated carbocycles. The van der Waals surface area contributed by atoms with Crippen LogP contribution < -0.4 is 0 Å². The maximum atomic E-state index is 9.29. The summed E-state index contributed by atoms with van der Waals surface area (Å²) in [5.74, 6) is 0.582. The number of pyridine rings is 1. The van der Waals surface area contributed by atoms with E-state index < -0.39 is 0 Å². The molecular weight excluding hydrogens is 260 g/mol. The Balaban J connectivity index is 2.17. The first kappa shape index (κ1) is 12.2.